The van der Waals surface area contributed by atoms with Gasteiger partial charge in [0, 0.05) is 6.54 Å². The number of rotatable bonds is 4. The summed E-state index contributed by atoms with van der Waals surface area (Å²) in [7, 11) is -2.45. The Hall–Kier alpha value is -0.700. The second-order valence-corrected chi connectivity index (χ2v) is 5.31. The minimum atomic E-state index is -3.64. The lowest BCUT2D eigenvalue weighted by molar-refractivity contribution is -0.149. The molecule has 0 aromatic carbocycles. The first-order chi connectivity index (χ1) is 7.53. The highest BCUT2D eigenvalue weighted by Crippen LogP contribution is 2.14. The maximum Gasteiger partial charge on any atom is 0.326 e. The molecule has 0 amide bonds. The molecule has 1 fully saturated rings. The van der Waals surface area contributed by atoms with Gasteiger partial charge in [0.15, 0.2) is 0 Å². The summed E-state index contributed by atoms with van der Waals surface area (Å²) < 4.78 is 34.0. The molecule has 1 aliphatic rings. The number of aliphatic hydroxyl groups is 1. The molecule has 0 aromatic heterocycles. The van der Waals surface area contributed by atoms with Gasteiger partial charge in [-0.2, -0.15) is 4.31 Å². The van der Waals surface area contributed by atoms with Gasteiger partial charge >= 0.3 is 5.97 Å². The van der Waals surface area contributed by atoms with Crippen molar-refractivity contribution in [2.45, 2.75) is 6.04 Å². The molecule has 7 nitrogen and oxygen atoms in total. The number of carbonyl (C=O) groups excluding carboxylic acids is 1. The van der Waals surface area contributed by atoms with E-state index in [2.05, 4.69) is 4.74 Å². The zero-order valence-corrected chi connectivity index (χ0v) is 9.77. The third-order valence-corrected chi connectivity index (χ3v) is 4.11. The lowest BCUT2D eigenvalue weighted by Crippen LogP contribution is -2.53. The molecule has 0 aromatic rings. The first-order valence-electron chi connectivity index (χ1n) is 4.79. The molecule has 0 aliphatic carbocycles. The van der Waals surface area contributed by atoms with Crippen LogP contribution in [0.1, 0.15) is 0 Å². The number of morpholine rings is 1. The largest absolute Gasteiger partial charge is 0.468 e. The maximum absolute atomic E-state index is 11.7. The van der Waals surface area contributed by atoms with E-state index in [1.54, 1.807) is 0 Å². The highest BCUT2D eigenvalue weighted by Gasteiger charge is 2.37. The molecule has 94 valence electrons. The van der Waals surface area contributed by atoms with Crippen LogP contribution in [0.4, 0.5) is 0 Å². The van der Waals surface area contributed by atoms with Crippen molar-refractivity contribution >= 4 is 16.0 Å². The Balaban J connectivity index is 2.86. The molecule has 0 spiro atoms. The zero-order valence-electron chi connectivity index (χ0n) is 8.96. The summed E-state index contributed by atoms with van der Waals surface area (Å²) in [5.41, 5.74) is 0. The summed E-state index contributed by atoms with van der Waals surface area (Å²) in [5.74, 6) is -1.05. The summed E-state index contributed by atoms with van der Waals surface area (Å²) in [6.45, 7) is -0.162. The SMILES string of the molecule is COC(=O)C1COCCN1S(=O)(=O)CCO. The van der Waals surface area contributed by atoms with E-state index >= 15 is 0 Å². The van der Waals surface area contributed by atoms with Gasteiger partial charge < -0.3 is 14.6 Å². The lowest BCUT2D eigenvalue weighted by atomic mass is 10.3. The summed E-state index contributed by atoms with van der Waals surface area (Å²) in [4.78, 5) is 11.4. The van der Waals surface area contributed by atoms with E-state index in [4.69, 9.17) is 9.84 Å². The second kappa shape index (κ2) is 5.58. The molecule has 8 heteroatoms. The second-order valence-electron chi connectivity index (χ2n) is 3.26. The number of aliphatic hydroxyl groups excluding tert-OH is 1. The van der Waals surface area contributed by atoms with Gasteiger partial charge in [-0.05, 0) is 0 Å². The third kappa shape index (κ3) is 2.91. The quantitative estimate of drug-likeness (QED) is 0.593. The summed E-state index contributed by atoms with van der Waals surface area (Å²) >= 11 is 0. The van der Waals surface area contributed by atoms with E-state index in [1.165, 1.54) is 7.11 Å². The van der Waals surface area contributed by atoms with Crippen molar-refractivity contribution < 1.29 is 27.8 Å². The van der Waals surface area contributed by atoms with E-state index in [0.717, 1.165) is 4.31 Å². The van der Waals surface area contributed by atoms with Crippen LogP contribution in [0.15, 0.2) is 0 Å². The van der Waals surface area contributed by atoms with Crippen LogP contribution in [0.3, 0.4) is 0 Å². The predicted molar refractivity (Wildman–Crippen MR) is 54.2 cm³/mol. The van der Waals surface area contributed by atoms with Gasteiger partial charge in [0.1, 0.15) is 6.04 Å². The Bertz CT molecular complexity index is 340. The highest BCUT2D eigenvalue weighted by atomic mass is 32.2. The number of sulfonamides is 1. The van der Waals surface area contributed by atoms with Crippen LogP contribution in [-0.4, -0.2) is 69.1 Å². The fraction of sp³-hybridized carbons (Fsp3) is 0.875. The Morgan fingerprint density at radius 1 is 1.62 bits per heavy atom. The number of nitrogens with zero attached hydrogens (tertiary/aromatic N) is 1. The number of methoxy groups -OCH3 is 1. The van der Waals surface area contributed by atoms with E-state index < -0.39 is 34.4 Å². The molecule has 16 heavy (non-hydrogen) atoms. The van der Waals surface area contributed by atoms with E-state index in [9.17, 15) is 13.2 Å². The number of hydrogen-bond donors (Lipinski definition) is 1. The fourth-order valence-electron chi connectivity index (χ4n) is 1.48. The van der Waals surface area contributed by atoms with Crippen molar-refractivity contribution in [2.75, 3.05) is 39.2 Å². The van der Waals surface area contributed by atoms with Gasteiger partial charge in [-0.15, -0.1) is 0 Å². The Kier molecular flexibility index (Phi) is 4.66. The standard InChI is InChI=1S/C8H15NO6S/c1-14-8(11)7-6-15-4-2-9(7)16(12,13)5-3-10/h7,10H,2-6H2,1H3. The fourth-order valence-corrected chi connectivity index (χ4v) is 2.83. The minimum Gasteiger partial charge on any atom is -0.468 e. The van der Waals surface area contributed by atoms with E-state index in [-0.39, 0.29) is 19.8 Å². The zero-order chi connectivity index (χ0) is 12.2. The molecule has 0 saturated carbocycles. The van der Waals surface area contributed by atoms with Gasteiger partial charge in [0.25, 0.3) is 0 Å². The number of carbonyl (C=O) groups is 1. The van der Waals surface area contributed by atoms with Gasteiger partial charge in [-0.3, -0.25) is 4.79 Å². The van der Waals surface area contributed by atoms with Crippen molar-refractivity contribution in [1.82, 2.24) is 4.31 Å². The number of hydrogen-bond acceptors (Lipinski definition) is 6. The third-order valence-electron chi connectivity index (χ3n) is 2.26. The van der Waals surface area contributed by atoms with Crippen LogP contribution in [0, 0.1) is 0 Å². The van der Waals surface area contributed by atoms with Crippen LogP contribution in [-0.2, 0) is 24.3 Å². The van der Waals surface area contributed by atoms with Gasteiger partial charge in [-0.1, -0.05) is 0 Å². The molecule has 1 N–H and O–H groups in total. The molecule has 1 aliphatic heterocycles. The van der Waals surface area contributed by atoms with Crippen LogP contribution < -0.4 is 0 Å². The monoisotopic (exact) mass is 253 g/mol. The summed E-state index contributed by atoms with van der Waals surface area (Å²) in [6.07, 6.45) is 0. The average Bonchev–Trinajstić information content (AvgIpc) is 2.28. The molecule has 1 unspecified atom stereocenters. The molecule has 0 bridgehead atoms. The summed E-state index contributed by atoms with van der Waals surface area (Å²) in [5, 5.41) is 8.66. The first kappa shape index (κ1) is 13.4. The van der Waals surface area contributed by atoms with Crippen LogP contribution >= 0.6 is 0 Å². The molecule has 1 saturated heterocycles. The molecular weight excluding hydrogens is 238 g/mol. The maximum atomic E-state index is 11.7. The van der Waals surface area contributed by atoms with Crippen molar-refractivity contribution in [3.8, 4) is 0 Å². The summed E-state index contributed by atoms with van der Waals surface area (Å²) in [6, 6.07) is -0.949. The molecule has 0 radical (unpaired) electrons. The van der Waals surface area contributed by atoms with Crippen molar-refractivity contribution in [3.05, 3.63) is 0 Å². The Labute approximate surface area is 94.0 Å². The molecule has 1 rings (SSSR count). The minimum absolute atomic E-state index is 0.0165. The average molecular weight is 253 g/mol. The smallest absolute Gasteiger partial charge is 0.326 e. The number of esters is 1. The van der Waals surface area contributed by atoms with E-state index in [1.807, 2.05) is 0 Å². The van der Waals surface area contributed by atoms with Crippen molar-refractivity contribution in [1.29, 1.82) is 0 Å². The highest BCUT2D eigenvalue weighted by molar-refractivity contribution is 7.89. The predicted octanol–water partition coefficient (Wildman–Crippen LogP) is -1.82. The Morgan fingerprint density at radius 2 is 2.31 bits per heavy atom. The van der Waals surface area contributed by atoms with Crippen molar-refractivity contribution in [2.24, 2.45) is 0 Å². The Morgan fingerprint density at radius 3 is 2.88 bits per heavy atom. The topological polar surface area (TPSA) is 93.1 Å². The molecule has 1 atom stereocenters. The normalized spacial score (nSPS) is 23.0. The van der Waals surface area contributed by atoms with Crippen LogP contribution in [0.2, 0.25) is 0 Å². The lowest BCUT2D eigenvalue weighted by Gasteiger charge is -2.32. The van der Waals surface area contributed by atoms with E-state index in [0.29, 0.717) is 0 Å². The first-order valence-corrected chi connectivity index (χ1v) is 6.40. The van der Waals surface area contributed by atoms with Gasteiger partial charge in [0.2, 0.25) is 10.0 Å². The van der Waals surface area contributed by atoms with Crippen LogP contribution in [0.25, 0.3) is 0 Å². The van der Waals surface area contributed by atoms with Crippen molar-refractivity contribution in [3.63, 3.8) is 0 Å². The van der Waals surface area contributed by atoms with Gasteiger partial charge in [-0.25, -0.2) is 8.42 Å². The number of ether oxygens (including phenoxy) is 2. The van der Waals surface area contributed by atoms with Crippen LogP contribution in [0.5, 0.6) is 0 Å². The van der Waals surface area contributed by atoms with Gasteiger partial charge in [0.05, 0.1) is 32.7 Å². The molecular formula is C8H15NO6S. The molecule has 1 heterocycles.